The molecule has 1 aliphatic heterocycles. The lowest BCUT2D eigenvalue weighted by Crippen LogP contribution is -2.45. The Kier molecular flexibility index (Phi) is 5.85. The minimum absolute atomic E-state index is 0.0153. The van der Waals surface area contributed by atoms with Crippen molar-refractivity contribution in [1.82, 2.24) is 4.90 Å². The monoisotopic (exact) mass is 334 g/mol. The molecule has 3 rings (SSSR count). The predicted molar refractivity (Wildman–Crippen MR) is 91.0 cm³/mol. The number of rotatable bonds is 6. The molecule has 2 atom stereocenters. The molecule has 0 aromatic heterocycles. The highest BCUT2D eigenvalue weighted by Crippen LogP contribution is 2.27. The van der Waals surface area contributed by atoms with Gasteiger partial charge < -0.3 is 15.4 Å². The molecule has 1 saturated carbocycles. The number of nitrogens with two attached hydrogens (primary N) is 1. The van der Waals surface area contributed by atoms with Gasteiger partial charge in [-0.3, -0.25) is 4.79 Å². The Bertz CT molecular complexity index is 543. The van der Waals surface area contributed by atoms with Crippen molar-refractivity contribution in [2.24, 2.45) is 5.73 Å². The summed E-state index contributed by atoms with van der Waals surface area (Å²) < 4.78 is 18.9. The molecule has 24 heavy (non-hydrogen) atoms. The molecular weight excluding hydrogens is 307 g/mol. The smallest absolute Gasteiger partial charge is 0.251 e. The van der Waals surface area contributed by atoms with Crippen LogP contribution in [0.15, 0.2) is 24.3 Å². The summed E-state index contributed by atoms with van der Waals surface area (Å²) in [7, 11) is 0. The van der Waals surface area contributed by atoms with E-state index in [4.69, 9.17) is 10.5 Å². The Morgan fingerprint density at radius 3 is 2.50 bits per heavy atom. The number of hydrogen-bond donors (Lipinski definition) is 1. The minimum atomic E-state index is -0.340. The van der Waals surface area contributed by atoms with E-state index < -0.39 is 0 Å². The topological polar surface area (TPSA) is 55.6 Å². The van der Waals surface area contributed by atoms with Gasteiger partial charge in [-0.2, -0.15) is 0 Å². The Labute approximate surface area is 143 Å². The third-order valence-corrected chi connectivity index (χ3v) is 5.25. The Hall–Kier alpha value is -1.46. The fourth-order valence-electron chi connectivity index (χ4n) is 3.83. The van der Waals surface area contributed by atoms with Crippen molar-refractivity contribution in [3.05, 3.63) is 35.6 Å². The molecule has 0 spiro atoms. The summed E-state index contributed by atoms with van der Waals surface area (Å²) in [6.45, 7) is 1.14. The van der Waals surface area contributed by atoms with Gasteiger partial charge in [-0.15, -0.1) is 0 Å². The third-order valence-electron chi connectivity index (χ3n) is 5.25. The molecule has 5 heteroatoms. The molecule has 0 unspecified atom stereocenters. The van der Waals surface area contributed by atoms with Gasteiger partial charge in [-0.05, 0) is 49.8 Å². The Balaban J connectivity index is 1.64. The highest BCUT2D eigenvalue weighted by molar-refractivity contribution is 5.81. The molecular formula is C19H27FN2O2. The number of benzene rings is 1. The lowest BCUT2D eigenvalue weighted by Gasteiger charge is -2.31. The number of hydrogen-bond acceptors (Lipinski definition) is 3. The molecule has 2 aliphatic rings. The number of halogens is 1. The number of nitrogens with zero attached hydrogens (tertiary/aromatic N) is 1. The van der Waals surface area contributed by atoms with E-state index in [1.54, 1.807) is 12.1 Å². The number of carbonyl (C=O) groups excluding carboxylic acids is 1. The summed E-state index contributed by atoms with van der Waals surface area (Å²) in [5, 5.41) is 0. The van der Waals surface area contributed by atoms with Crippen molar-refractivity contribution in [1.29, 1.82) is 0 Å². The van der Waals surface area contributed by atoms with Gasteiger partial charge in [0.25, 0.3) is 5.91 Å². The van der Waals surface area contributed by atoms with Crippen LogP contribution in [0.25, 0.3) is 0 Å². The second kappa shape index (κ2) is 8.08. The average molecular weight is 334 g/mol. The first-order valence-electron chi connectivity index (χ1n) is 9.08. The molecule has 1 aromatic carbocycles. The van der Waals surface area contributed by atoms with E-state index in [0.29, 0.717) is 19.1 Å². The summed E-state index contributed by atoms with van der Waals surface area (Å²) in [4.78, 5) is 15.0. The van der Waals surface area contributed by atoms with Crippen molar-refractivity contribution in [2.45, 2.75) is 63.2 Å². The fraction of sp³-hybridized carbons (Fsp3) is 0.632. The lowest BCUT2D eigenvalue weighted by molar-refractivity contribution is -0.145. The van der Waals surface area contributed by atoms with Crippen LogP contribution in [0.5, 0.6) is 0 Å². The van der Waals surface area contributed by atoms with Gasteiger partial charge in [-0.25, -0.2) is 4.39 Å². The summed E-state index contributed by atoms with van der Waals surface area (Å²) >= 11 is 0. The molecule has 1 heterocycles. The molecule has 132 valence electrons. The van der Waals surface area contributed by atoms with Crippen LogP contribution in [-0.2, 0) is 16.0 Å². The molecule has 1 aromatic rings. The SMILES string of the molecule is NC[C@H]1CC[C@@H](C(=O)N(CCc2ccc(F)cc2)C2CCCC2)O1. The maximum Gasteiger partial charge on any atom is 0.251 e. The van der Waals surface area contributed by atoms with E-state index in [9.17, 15) is 9.18 Å². The van der Waals surface area contributed by atoms with Crippen LogP contribution < -0.4 is 5.73 Å². The molecule has 1 amide bonds. The van der Waals surface area contributed by atoms with Gasteiger partial charge in [0.05, 0.1) is 6.10 Å². The molecule has 2 N–H and O–H groups in total. The first-order valence-corrected chi connectivity index (χ1v) is 9.08. The van der Waals surface area contributed by atoms with Gasteiger partial charge in [0.15, 0.2) is 0 Å². The van der Waals surface area contributed by atoms with Crippen LogP contribution >= 0.6 is 0 Å². The van der Waals surface area contributed by atoms with Crippen molar-refractivity contribution in [3.63, 3.8) is 0 Å². The highest BCUT2D eigenvalue weighted by Gasteiger charge is 2.36. The molecule has 2 fully saturated rings. The van der Waals surface area contributed by atoms with Crippen molar-refractivity contribution >= 4 is 5.91 Å². The summed E-state index contributed by atoms with van der Waals surface area (Å²) in [6.07, 6.45) is 6.56. The van der Waals surface area contributed by atoms with Crippen LogP contribution in [-0.4, -0.2) is 42.1 Å². The highest BCUT2D eigenvalue weighted by atomic mass is 19.1. The van der Waals surface area contributed by atoms with Gasteiger partial charge in [0.2, 0.25) is 0 Å². The number of ether oxygens (including phenoxy) is 1. The van der Waals surface area contributed by atoms with E-state index >= 15 is 0 Å². The zero-order chi connectivity index (χ0) is 16.9. The average Bonchev–Trinajstić information content (AvgIpc) is 3.28. The Morgan fingerprint density at radius 1 is 1.17 bits per heavy atom. The van der Waals surface area contributed by atoms with Crippen molar-refractivity contribution in [2.75, 3.05) is 13.1 Å². The van der Waals surface area contributed by atoms with Crippen LogP contribution in [0, 0.1) is 5.82 Å². The van der Waals surface area contributed by atoms with Gasteiger partial charge >= 0.3 is 0 Å². The summed E-state index contributed by atoms with van der Waals surface area (Å²) in [5.74, 6) is -0.116. The molecule has 0 radical (unpaired) electrons. The van der Waals surface area contributed by atoms with E-state index in [2.05, 4.69) is 0 Å². The minimum Gasteiger partial charge on any atom is -0.364 e. The maximum atomic E-state index is 13.0. The van der Waals surface area contributed by atoms with Crippen LogP contribution in [0.4, 0.5) is 4.39 Å². The van der Waals surface area contributed by atoms with Crippen molar-refractivity contribution < 1.29 is 13.9 Å². The maximum absolute atomic E-state index is 13.0. The van der Waals surface area contributed by atoms with Crippen LogP contribution in [0.3, 0.4) is 0 Å². The molecule has 1 saturated heterocycles. The first kappa shape index (κ1) is 17.4. The Morgan fingerprint density at radius 2 is 1.88 bits per heavy atom. The van der Waals surface area contributed by atoms with Crippen LogP contribution in [0.2, 0.25) is 0 Å². The standard InChI is InChI=1S/C19H27FN2O2/c20-15-7-5-14(6-8-15)11-12-22(16-3-1-2-4-16)19(23)18-10-9-17(13-21)24-18/h5-8,16-18H,1-4,9-13,21H2/t17-,18+/m1/s1. The van der Waals surface area contributed by atoms with E-state index in [1.165, 1.54) is 25.0 Å². The fourth-order valence-corrected chi connectivity index (χ4v) is 3.83. The number of carbonyl (C=O) groups is 1. The van der Waals surface area contributed by atoms with E-state index in [0.717, 1.165) is 37.7 Å². The zero-order valence-electron chi connectivity index (χ0n) is 14.1. The second-order valence-corrected chi connectivity index (χ2v) is 6.91. The largest absolute Gasteiger partial charge is 0.364 e. The quantitative estimate of drug-likeness (QED) is 0.870. The van der Waals surface area contributed by atoms with E-state index in [-0.39, 0.29) is 23.9 Å². The molecule has 4 nitrogen and oxygen atoms in total. The van der Waals surface area contributed by atoms with Gasteiger partial charge in [0, 0.05) is 19.1 Å². The number of amides is 1. The summed E-state index contributed by atoms with van der Waals surface area (Å²) in [6, 6.07) is 6.86. The van der Waals surface area contributed by atoms with Gasteiger partial charge in [0.1, 0.15) is 11.9 Å². The molecule has 1 aliphatic carbocycles. The first-order chi connectivity index (χ1) is 11.7. The van der Waals surface area contributed by atoms with Gasteiger partial charge in [-0.1, -0.05) is 25.0 Å². The van der Waals surface area contributed by atoms with Crippen LogP contribution in [0.1, 0.15) is 44.1 Å². The van der Waals surface area contributed by atoms with E-state index in [1.807, 2.05) is 4.90 Å². The normalized spacial score (nSPS) is 24.4. The lowest BCUT2D eigenvalue weighted by atomic mass is 10.1. The summed E-state index contributed by atoms with van der Waals surface area (Å²) in [5.41, 5.74) is 6.72. The molecule has 0 bridgehead atoms. The van der Waals surface area contributed by atoms with Crippen molar-refractivity contribution in [3.8, 4) is 0 Å². The predicted octanol–water partition coefficient (Wildman–Crippen LogP) is 2.65. The zero-order valence-corrected chi connectivity index (χ0v) is 14.1. The third kappa shape index (κ3) is 4.14. The second-order valence-electron chi connectivity index (χ2n) is 6.91.